The molecule has 0 bridgehead atoms. The van der Waals surface area contributed by atoms with Crippen LogP contribution in [-0.2, 0) is 5.33 Å². The molecule has 0 aliphatic rings. The number of alkyl halides is 1. The van der Waals surface area contributed by atoms with Crippen LogP contribution in [0.3, 0.4) is 0 Å². The van der Waals surface area contributed by atoms with Gasteiger partial charge in [0.1, 0.15) is 5.75 Å². The van der Waals surface area contributed by atoms with Crippen molar-refractivity contribution in [3.63, 3.8) is 0 Å². The van der Waals surface area contributed by atoms with Gasteiger partial charge < -0.3 is 4.74 Å². The highest BCUT2D eigenvalue weighted by Gasteiger charge is 2.12. The zero-order chi connectivity index (χ0) is 15.6. The molecule has 0 amide bonds. The summed E-state index contributed by atoms with van der Waals surface area (Å²) in [5.74, 6) is 0.766. The van der Waals surface area contributed by atoms with Crippen molar-refractivity contribution in [1.29, 1.82) is 0 Å². The first kappa shape index (κ1) is 16.3. The van der Waals surface area contributed by atoms with Crippen LogP contribution in [0.2, 0.25) is 5.02 Å². The third-order valence-corrected chi connectivity index (χ3v) is 4.26. The van der Waals surface area contributed by atoms with Crippen LogP contribution in [0.15, 0.2) is 30.3 Å². The Kier molecular flexibility index (Phi) is 5.28. The molecule has 0 saturated heterocycles. The van der Waals surface area contributed by atoms with Crippen LogP contribution in [0.25, 0.3) is 0 Å². The second-order valence-electron chi connectivity index (χ2n) is 5.29. The summed E-state index contributed by atoms with van der Waals surface area (Å²) in [6.07, 6.45) is 0. The van der Waals surface area contributed by atoms with Gasteiger partial charge in [0.2, 0.25) is 0 Å². The van der Waals surface area contributed by atoms with Crippen molar-refractivity contribution < 1.29 is 9.13 Å². The Morgan fingerprint density at radius 3 is 2.48 bits per heavy atom. The van der Waals surface area contributed by atoms with Crippen molar-refractivity contribution in [1.82, 2.24) is 0 Å². The largest absolute Gasteiger partial charge is 0.454 e. The first-order valence-electron chi connectivity index (χ1n) is 6.74. The van der Waals surface area contributed by atoms with Crippen LogP contribution < -0.4 is 4.74 Å². The number of ether oxygens (including phenoxy) is 1. The van der Waals surface area contributed by atoms with Gasteiger partial charge in [-0.15, -0.1) is 0 Å². The lowest BCUT2D eigenvalue weighted by atomic mass is 10.0. The number of hydrogen-bond donors (Lipinski definition) is 0. The number of halogens is 3. The fourth-order valence-electron chi connectivity index (χ4n) is 2.05. The number of hydrogen-bond acceptors (Lipinski definition) is 1. The van der Waals surface area contributed by atoms with Crippen LogP contribution in [0, 0.1) is 12.7 Å². The number of aryl methyl sites for hydroxylation is 1. The lowest BCUT2D eigenvalue weighted by Gasteiger charge is -2.15. The molecule has 2 aromatic rings. The molecule has 0 unspecified atom stereocenters. The van der Waals surface area contributed by atoms with E-state index in [1.807, 2.05) is 25.1 Å². The average Bonchev–Trinajstić information content (AvgIpc) is 2.43. The van der Waals surface area contributed by atoms with Gasteiger partial charge in [-0.1, -0.05) is 47.4 Å². The van der Waals surface area contributed by atoms with E-state index in [1.54, 1.807) is 6.07 Å². The minimum Gasteiger partial charge on any atom is -0.454 e. The molecule has 0 aliphatic heterocycles. The van der Waals surface area contributed by atoms with Gasteiger partial charge >= 0.3 is 0 Å². The molecule has 4 heteroatoms. The average molecular weight is 372 g/mol. The summed E-state index contributed by atoms with van der Waals surface area (Å²) < 4.78 is 19.8. The third kappa shape index (κ3) is 3.78. The van der Waals surface area contributed by atoms with Crippen LogP contribution >= 0.6 is 27.5 Å². The van der Waals surface area contributed by atoms with Crippen LogP contribution in [0.5, 0.6) is 11.5 Å². The second kappa shape index (κ2) is 6.80. The van der Waals surface area contributed by atoms with E-state index in [1.165, 1.54) is 6.07 Å². The minimum atomic E-state index is -0.368. The number of rotatable bonds is 4. The van der Waals surface area contributed by atoms with Gasteiger partial charge in [-0.3, -0.25) is 0 Å². The van der Waals surface area contributed by atoms with Gasteiger partial charge in [0.15, 0.2) is 11.6 Å². The summed E-state index contributed by atoms with van der Waals surface area (Å²) in [6.45, 7) is 6.02. The Morgan fingerprint density at radius 1 is 1.19 bits per heavy atom. The predicted octanol–water partition coefficient (Wildman–Crippen LogP) is 6.60. The molecule has 2 aromatic carbocycles. The standard InChI is InChI=1S/C17H17BrClFO/c1-10(2)13-8-17(11(3)6-14(13)19)21-16-5-4-12(9-18)7-15(16)20/h4-8,10H,9H2,1-3H3. The first-order chi connectivity index (χ1) is 9.92. The fraction of sp³-hybridized carbons (Fsp3) is 0.294. The van der Waals surface area contributed by atoms with Crippen molar-refractivity contribution in [2.45, 2.75) is 32.0 Å². The molecule has 0 radical (unpaired) electrons. The topological polar surface area (TPSA) is 9.23 Å². The minimum absolute atomic E-state index is 0.222. The van der Waals surface area contributed by atoms with E-state index >= 15 is 0 Å². The Bertz CT molecular complexity index is 655. The van der Waals surface area contributed by atoms with Gasteiger partial charge in [0.25, 0.3) is 0 Å². The van der Waals surface area contributed by atoms with Gasteiger partial charge in [0, 0.05) is 10.4 Å². The van der Waals surface area contributed by atoms with E-state index < -0.39 is 0 Å². The highest BCUT2D eigenvalue weighted by Crippen LogP contribution is 2.34. The lowest BCUT2D eigenvalue weighted by Crippen LogP contribution is -1.96. The van der Waals surface area contributed by atoms with E-state index in [2.05, 4.69) is 29.8 Å². The molecule has 0 spiro atoms. The Labute approximate surface area is 138 Å². The highest BCUT2D eigenvalue weighted by molar-refractivity contribution is 9.08. The third-order valence-electron chi connectivity index (χ3n) is 3.29. The molecule has 1 nitrogen and oxygen atoms in total. The normalized spacial score (nSPS) is 11.0. The van der Waals surface area contributed by atoms with Crippen LogP contribution in [0.4, 0.5) is 4.39 Å². The van der Waals surface area contributed by atoms with Crippen molar-refractivity contribution in [3.05, 3.63) is 57.9 Å². The van der Waals surface area contributed by atoms with Crippen LogP contribution in [-0.4, -0.2) is 0 Å². The summed E-state index contributed by atoms with van der Waals surface area (Å²) in [4.78, 5) is 0. The summed E-state index contributed by atoms with van der Waals surface area (Å²) in [6, 6.07) is 8.70. The fourth-order valence-corrected chi connectivity index (χ4v) is 2.83. The second-order valence-corrected chi connectivity index (χ2v) is 6.26. The maximum atomic E-state index is 14.0. The molecule has 0 saturated carbocycles. The Balaban J connectivity index is 2.37. The molecule has 2 rings (SSSR count). The Hall–Kier alpha value is -1.06. The van der Waals surface area contributed by atoms with Gasteiger partial charge in [-0.25, -0.2) is 4.39 Å². The highest BCUT2D eigenvalue weighted by atomic mass is 79.9. The maximum Gasteiger partial charge on any atom is 0.166 e. The zero-order valence-electron chi connectivity index (χ0n) is 12.2. The van der Waals surface area contributed by atoms with Gasteiger partial charge in [0.05, 0.1) is 0 Å². The number of benzene rings is 2. The first-order valence-corrected chi connectivity index (χ1v) is 8.24. The van der Waals surface area contributed by atoms with E-state index in [0.29, 0.717) is 16.1 Å². The lowest BCUT2D eigenvalue weighted by molar-refractivity contribution is 0.438. The molecule has 21 heavy (non-hydrogen) atoms. The molecule has 0 heterocycles. The summed E-state index contributed by atoms with van der Waals surface area (Å²) in [5.41, 5.74) is 2.75. The van der Waals surface area contributed by atoms with Gasteiger partial charge in [-0.2, -0.15) is 0 Å². The monoisotopic (exact) mass is 370 g/mol. The molecule has 0 atom stereocenters. The predicted molar refractivity (Wildman–Crippen MR) is 89.4 cm³/mol. The molecule has 0 N–H and O–H groups in total. The van der Waals surface area contributed by atoms with E-state index in [4.69, 9.17) is 16.3 Å². The van der Waals surface area contributed by atoms with E-state index in [0.717, 1.165) is 16.7 Å². The quantitative estimate of drug-likeness (QED) is 0.550. The Morgan fingerprint density at radius 2 is 1.90 bits per heavy atom. The molecular weight excluding hydrogens is 355 g/mol. The molecule has 0 aliphatic carbocycles. The van der Waals surface area contributed by atoms with Crippen molar-refractivity contribution in [2.75, 3.05) is 0 Å². The SMILES string of the molecule is Cc1cc(Cl)c(C(C)C)cc1Oc1ccc(CBr)cc1F. The molecule has 0 fully saturated rings. The van der Waals surface area contributed by atoms with Crippen molar-refractivity contribution in [2.24, 2.45) is 0 Å². The summed E-state index contributed by atoms with van der Waals surface area (Å²) in [5, 5.41) is 1.33. The van der Waals surface area contributed by atoms with Gasteiger partial charge in [-0.05, 0) is 53.8 Å². The molecular formula is C17H17BrClFO. The van der Waals surface area contributed by atoms with E-state index in [-0.39, 0.29) is 17.5 Å². The maximum absolute atomic E-state index is 14.0. The summed E-state index contributed by atoms with van der Waals surface area (Å²) >= 11 is 9.54. The summed E-state index contributed by atoms with van der Waals surface area (Å²) in [7, 11) is 0. The molecule has 112 valence electrons. The van der Waals surface area contributed by atoms with E-state index in [9.17, 15) is 4.39 Å². The smallest absolute Gasteiger partial charge is 0.166 e. The van der Waals surface area contributed by atoms with Crippen molar-refractivity contribution in [3.8, 4) is 11.5 Å². The van der Waals surface area contributed by atoms with Crippen molar-refractivity contribution >= 4 is 27.5 Å². The van der Waals surface area contributed by atoms with Crippen LogP contribution in [0.1, 0.15) is 36.5 Å². The zero-order valence-corrected chi connectivity index (χ0v) is 14.6. The molecule has 0 aromatic heterocycles.